The second-order valence-corrected chi connectivity index (χ2v) is 5.74. The number of nitro benzene ring substituents is 1. The molecule has 5 nitrogen and oxygen atoms in total. The first-order valence-electron chi connectivity index (χ1n) is 6.81. The van der Waals surface area contributed by atoms with Crippen molar-refractivity contribution in [3.05, 3.63) is 80.3 Å². The zero-order valence-corrected chi connectivity index (χ0v) is 13.5. The molecule has 0 aromatic heterocycles. The summed E-state index contributed by atoms with van der Waals surface area (Å²) in [4.78, 5) is 22.8. The number of nitro groups is 1. The molecule has 0 aliphatic carbocycles. The Labute approximate surface area is 146 Å². The summed E-state index contributed by atoms with van der Waals surface area (Å²) >= 11 is 12.0. The van der Waals surface area contributed by atoms with Crippen molar-refractivity contribution in [2.24, 2.45) is 0 Å². The number of fused-ring (bicyclic) bond motifs is 1. The molecular weight excluding hydrogens is 353 g/mol. The summed E-state index contributed by atoms with van der Waals surface area (Å²) in [5.74, 6) is -0.606. The normalized spacial score (nSPS) is 10.6. The number of rotatable bonds is 3. The summed E-state index contributed by atoms with van der Waals surface area (Å²) in [7, 11) is 0. The van der Waals surface area contributed by atoms with E-state index in [4.69, 9.17) is 27.9 Å². The highest BCUT2D eigenvalue weighted by atomic mass is 35.5. The molecular formula is C17H9Cl2NO4. The monoisotopic (exact) mass is 361 g/mol. The average Bonchev–Trinajstić information content (AvgIpc) is 2.57. The molecule has 0 saturated carbocycles. The number of benzene rings is 3. The van der Waals surface area contributed by atoms with Crippen LogP contribution < -0.4 is 4.74 Å². The van der Waals surface area contributed by atoms with Crippen LogP contribution in [0.15, 0.2) is 54.6 Å². The molecule has 3 aromatic rings. The molecule has 3 rings (SSSR count). The number of halogens is 2. The van der Waals surface area contributed by atoms with Gasteiger partial charge in [0.05, 0.1) is 4.92 Å². The SMILES string of the molecule is O=C(Oc1ccc(Cl)c2ccccc12)c1cc(Cl)ccc1[N+](=O)[O-]. The molecule has 0 bridgehead atoms. The lowest BCUT2D eigenvalue weighted by Crippen LogP contribution is -2.11. The summed E-state index contributed by atoms with van der Waals surface area (Å²) in [6.07, 6.45) is 0. The van der Waals surface area contributed by atoms with Crippen LogP contribution in [0, 0.1) is 10.1 Å². The minimum atomic E-state index is -0.864. The fraction of sp³-hybridized carbons (Fsp3) is 0. The van der Waals surface area contributed by atoms with E-state index in [1.54, 1.807) is 30.3 Å². The van der Waals surface area contributed by atoms with Crippen LogP contribution in [0.2, 0.25) is 10.0 Å². The van der Waals surface area contributed by atoms with Gasteiger partial charge in [-0.15, -0.1) is 0 Å². The number of carbonyl (C=O) groups excluding carboxylic acids is 1. The molecule has 120 valence electrons. The van der Waals surface area contributed by atoms with E-state index in [-0.39, 0.29) is 22.0 Å². The Morgan fingerprint density at radius 3 is 2.42 bits per heavy atom. The number of nitrogens with zero attached hydrogens (tertiary/aromatic N) is 1. The average molecular weight is 362 g/mol. The highest BCUT2D eigenvalue weighted by Crippen LogP contribution is 2.32. The molecule has 0 amide bonds. The molecule has 0 heterocycles. The van der Waals surface area contributed by atoms with E-state index in [1.807, 2.05) is 6.07 Å². The number of carbonyl (C=O) groups is 1. The first-order chi connectivity index (χ1) is 11.5. The van der Waals surface area contributed by atoms with Crippen LogP contribution >= 0.6 is 23.2 Å². The molecule has 0 atom stereocenters. The molecule has 0 aliphatic rings. The molecule has 0 N–H and O–H groups in total. The summed E-state index contributed by atoms with van der Waals surface area (Å²) < 4.78 is 5.35. The Morgan fingerprint density at radius 1 is 1.00 bits per heavy atom. The van der Waals surface area contributed by atoms with E-state index in [1.165, 1.54) is 18.2 Å². The Balaban J connectivity index is 2.04. The largest absolute Gasteiger partial charge is 0.422 e. The maximum atomic E-state index is 12.4. The van der Waals surface area contributed by atoms with Crippen molar-refractivity contribution in [3.8, 4) is 5.75 Å². The van der Waals surface area contributed by atoms with Crippen molar-refractivity contribution in [3.63, 3.8) is 0 Å². The fourth-order valence-electron chi connectivity index (χ4n) is 2.31. The van der Waals surface area contributed by atoms with Gasteiger partial charge in [0, 0.05) is 26.9 Å². The zero-order chi connectivity index (χ0) is 17.3. The van der Waals surface area contributed by atoms with Gasteiger partial charge in [-0.3, -0.25) is 10.1 Å². The van der Waals surface area contributed by atoms with Crippen LogP contribution in [0.3, 0.4) is 0 Å². The smallest absolute Gasteiger partial charge is 0.350 e. The molecule has 0 saturated heterocycles. The Hall–Kier alpha value is -2.63. The van der Waals surface area contributed by atoms with Gasteiger partial charge in [-0.25, -0.2) is 4.79 Å². The molecule has 0 radical (unpaired) electrons. The quantitative estimate of drug-likeness (QED) is 0.275. The lowest BCUT2D eigenvalue weighted by molar-refractivity contribution is -0.385. The summed E-state index contributed by atoms with van der Waals surface area (Å²) in [6, 6.07) is 14.0. The van der Waals surface area contributed by atoms with Crippen LogP contribution in [0.25, 0.3) is 10.8 Å². The first-order valence-corrected chi connectivity index (χ1v) is 7.56. The van der Waals surface area contributed by atoms with Gasteiger partial charge in [-0.2, -0.15) is 0 Å². The number of esters is 1. The predicted octanol–water partition coefficient (Wildman–Crippen LogP) is 5.27. The lowest BCUT2D eigenvalue weighted by atomic mass is 10.1. The molecule has 7 heteroatoms. The van der Waals surface area contributed by atoms with Crippen molar-refractivity contribution in [1.29, 1.82) is 0 Å². The highest BCUT2D eigenvalue weighted by molar-refractivity contribution is 6.35. The number of hydrogen-bond donors (Lipinski definition) is 0. The minimum Gasteiger partial charge on any atom is -0.422 e. The molecule has 0 fully saturated rings. The van der Waals surface area contributed by atoms with Crippen molar-refractivity contribution in [1.82, 2.24) is 0 Å². The molecule has 0 unspecified atom stereocenters. The lowest BCUT2D eigenvalue weighted by Gasteiger charge is -2.09. The second kappa shape index (κ2) is 6.47. The fourth-order valence-corrected chi connectivity index (χ4v) is 2.71. The molecule has 3 aromatic carbocycles. The van der Waals surface area contributed by atoms with Crippen LogP contribution in [0.4, 0.5) is 5.69 Å². The Morgan fingerprint density at radius 2 is 1.71 bits per heavy atom. The van der Waals surface area contributed by atoms with Crippen LogP contribution in [0.5, 0.6) is 5.75 Å². The standard InChI is InChI=1S/C17H9Cl2NO4/c18-10-5-7-15(20(22)23)13(9-10)17(21)24-16-8-6-14(19)11-3-1-2-4-12(11)16/h1-9H. The van der Waals surface area contributed by atoms with Gasteiger partial charge in [-0.1, -0.05) is 47.5 Å². The van der Waals surface area contributed by atoms with Gasteiger partial charge in [0.1, 0.15) is 11.3 Å². The Bertz CT molecular complexity index is 972. The summed E-state index contributed by atoms with van der Waals surface area (Å²) in [6.45, 7) is 0. The third-order valence-corrected chi connectivity index (χ3v) is 3.97. The van der Waals surface area contributed by atoms with Gasteiger partial charge in [0.15, 0.2) is 0 Å². The van der Waals surface area contributed by atoms with Crippen molar-refractivity contribution in [2.45, 2.75) is 0 Å². The van der Waals surface area contributed by atoms with Crippen molar-refractivity contribution in [2.75, 3.05) is 0 Å². The summed E-state index contributed by atoms with van der Waals surface area (Å²) in [5, 5.41) is 13.1. The predicted molar refractivity (Wildman–Crippen MR) is 92.0 cm³/mol. The first kappa shape index (κ1) is 16.2. The van der Waals surface area contributed by atoms with E-state index >= 15 is 0 Å². The topological polar surface area (TPSA) is 69.4 Å². The van der Waals surface area contributed by atoms with E-state index in [2.05, 4.69) is 0 Å². The maximum absolute atomic E-state index is 12.4. The maximum Gasteiger partial charge on any atom is 0.350 e. The highest BCUT2D eigenvalue weighted by Gasteiger charge is 2.23. The van der Waals surface area contributed by atoms with E-state index in [0.29, 0.717) is 15.8 Å². The molecule has 0 aliphatic heterocycles. The van der Waals surface area contributed by atoms with E-state index in [0.717, 1.165) is 0 Å². The van der Waals surface area contributed by atoms with Crippen LogP contribution in [-0.4, -0.2) is 10.9 Å². The third kappa shape index (κ3) is 3.04. The minimum absolute atomic E-state index is 0.202. The number of hydrogen-bond acceptors (Lipinski definition) is 4. The van der Waals surface area contributed by atoms with E-state index < -0.39 is 10.9 Å². The zero-order valence-electron chi connectivity index (χ0n) is 12.0. The second-order valence-electron chi connectivity index (χ2n) is 4.90. The van der Waals surface area contributed by atoms with Crippen molar-refractivity contribution >= 4 is 45.6 Å². The van der Waals surface area contributed by atoms with Gasteiger partial charge >= 0.3 is 5.97 Å². The van der Waals surface area contributed by atoms with E-state index in [9.17, 15) is 14.9 Å². The number of ether oxygens (including phenoxy) is 1. The third-order valence-electron chi connectivity index (χ3n) is 3.41. The van der Waals surface area contributed by atoms with Gasteiger partial charge in [0.25, 0.3) is 5.69 Å². The summed E-state index contributed by atoms with van der Waals surface area (Å²) in [5.41, 5.74) is -0.589. The van der Waals surface area contributed by atoms with Crippen molar-refractivity contribution < 1.29 is 14.5 Å². The van der Waals surface area contributed by atoms with Gasteiger partial charge < -0.3 is 4.74 Å². The molecule has 24 heavy (non-hydrogen) atoms. The van der Waals surface area contributed by atoms with Crippen LogP contribution in [0.1, 0.15) is 10.4 Å². The van der Waals surface area contributed by atoms with Gasteiger partial charge in [0.2, 0.25) is 0 Å². The molecule has 0 spiro atoms. The Kier molecular flexibility index (Phi) is 4.38. The van der Waals surface area contributed by atoms with Crippen LogP contribution in [-0.2, 0) is 0 Å². The van der Waals surface area contributed by atoms with Gasteiger partial charge in [-0.05, 0) is 24.3 Å².